The summed E-state index contributed by atoms with van der Waals surface area (Å²) in [4.78, 5) is 30.5. The zero-order chi connectivity index (χ0) is 26.6. The first-order valence-corrected chi connectivity index (χ1v) is 12.6. The van der Waals surface area contributed by atoms with Gasteiger partial charge in [0.25, 0.3) is 0 Å². The largest absolute Gasteiger partial charge is 0.502 e. The van der Waals surface area contributed by atoms with E-state index in [-0.39, 0.29) is 36.2 Å². The molecule has 1 saturated heterocycles. The lowest BCUT2D eigenvalue weighted by Gasteiger charge is -2.38. The normalized spacial score (nSPS) is 22.8. The number of hydrogen-bond donors (Lipinski definition) is 1. The molecular formula is C27H22BrNO9. The van der Waals surface area contributed by atoms with E-state index in [1.807, 2.05) is 0 Å². The molecule has 6 rings (SSSR count). The van der Waals surface area contributed by atoms with Crippen molar-refractivity contribution in [1.82, 2.24) is 4.98 Å². The number of halogens is 1. The fourth-order valence-electron chi connectivity index (χ4n) is 5.46. The number of hydrogen-bond acceptors (Lipinski definition) is 10. The molecule has 1 aliphatic carbocycles. The van der Waals surface area contributed by atoms with Crippen LogP contribution in [0.25, 0.3) is 0 Å². The number of rotatable bonds is 5. The van der Waals surface area contributed by atoms with Crippen molar-refractivity contribution in [2.75, 3.05) is 27.6 Å². The van der Waals surface area contributed by atoms with Crippen LogP contribution < -0.4 is 18.9 Å². The van der Waals surface area contributed by atoms with Gasteiger partial charge in [-0.1, -0.05) is 0 Å². The number of aromatic hydroxyl groups is 1. The highest BCUT2D eigenvalue weighted by atomic mass is 79.9. The molecule has 1 aromatic heterocycles. The second-order valence-electron chi connectivity index (χ2n) is 9.12. The quantitative estimate of drug-likeness (QED) is 0.438. The second-order valence-corrected chi connectivity index (χ2v) is 10.0. The number of ether oxygens (including phenoxy) is 6. The van der Waals surface area contributed by atoms with E-state index in [2.05, 4.69) is 20.9 Å². The number of pyridine rings is 1. The van der Waals surface area contributed by atoms with Gasteiger partial charge >= 0.3 is 11.9 Å². The van der Waals surface area contributed by atoms with Crippen LogP contribution in [-0.4, -0.2) is 49.6 Å². The molecule has 0 saturated carbocycles. The van der Waals surface area contributed by atoms with Crippen LogP contribution in [-0.2, 0) is 14.3 Å². The van der Waals surface area contributed by atoms with Gasteiger partial charge in [0.2, 0.25) is 12.5 Å². The van der Waals surface area contributed by atoms with Crippen molar-refractivity contribution in [3.8, 4) is 28.7 Å². The third-order valence-corrected chi connectivity index (χ3v) is 7.59. The first-order chi connectivity index (χ1) is 18.4. The SMILES string of the molecule is COc1cc([C@@H]2c3cc4c(cc3[C@@H](OC(=O)c3cncc(Br)c3)[C@H]3COC(=O)[C@H]23)OCO4)cc(OC)c1O. The van der Waals surface area contributed by atoms with Crippen LogP contribution in [0, 0.1) is 11.8 Å². The van der Waals surface area contributed by atoms with Gasteiger partial charge in [0.15, 0.2) is 23.0 Å². The number of carbonyl (C=O) groups is 2. The number of methoxy groups -OCH3 is 2. The molecule has 0 amide bonds. The molecule has 10 nitrogen and oxygen atoms in total. The summed E-state index contributed by atoms with van der Waals surface area (Å²) in [6, 6.07) is 8.54. The zero-order valence-electron chi connectivity index (χ0n) is 20.3. The van der Waals surface area contributed by atoms with Gasteiger partial charge in [-0.2, -0.15) is 0 Å². The van der Waals surface area contributed by atoms with E-state index in [1.165, 1.54) is 20.4 Å². The Balaban J connectivity index is 1.52. The second kappa shape index (κ2) is 9.39. The molecular weight excluding hydrogens is 562 g/mol. The summed E-state index contributed by atoms with van der Waals surface area (Å²) >= 11 is 3.33. The molecule has 1 N–H and O–H groups in total. The number of benzene rings is 2. The molecule has 4 atom stereocenters. The van der Waals surface area contributed by atoms with Crippen LogP contribution in [0.3, 0.4) is 0 Å². The van der Waals surface area contributed by atoms with Crippen molar-refractivity contribution in [3.63, 3.8) is 0 Å². The average Bonchev–Trinajstić information content (AvgIpc) is 3.54. The van der Waals surface area contributed by atoms with Crippen LogP contribution in [0.5, 0.6) is 28.7 Å². The van der Waals surface area contributed by atoms with Crippen molar-refractivity contribution >= 4 is 27.9 Å². The molecule has 11 heteroatoms. The Kier molecular flexibility index (Phi) is 6.02. The summed E-state index contributed by atoms with van der Waals surface area (Å²) in [5.41, 5.74) is 2.29. The van der Waals surface area contributed by atoms with Crippen LogP contribution in [0.1, 0.15) is 39.1 Å². The number of fused-ring (bicyclic) bond motifs is 3. The van der Waals surface area contributed by atoms with Crippen LogP contribution in [0.15, 0.2) is 47.2 Å². The lowest BCUT2D eigenvalue weighted by Crippen LogP contribution is -2.36. The Morgan fingerprint density at radius 3 is 2.34 bits per heavy atom. The van der Waals surface area contributed by atoms with E-state index in [0.29, 0.717) is 32.7 Å². The molecule has 0 unspecified atom stereocenters. The summed E-state index contributed by atoms with van der Waals surface area (Å²) in [5, 5.41) is 10.5. The molecule has 2 aromatic carbocycles. The van der Waals surface area contributed by atoms with Crippen molar-refractivity contribution in [1.29, 1.82) is 0 Å². The van der Waals surface area contributed by atoms with E-state index in [0.717, 1.165) is 0 Å². The van der Waals surface area contributed by atoms with E-state index in [1.54, 1.807) is 36.5 Å². The first-order valence-electron chi connectivity index (χ1n) is 11.8. The average molecular weight is 584 g/mol. The minimum absolute atomic E-state index is 0.0484. The topological polar surface area (TPSA) is 123 Å². The molecule has 0 bridgehead atoms. The lowest BCUT2D eigenvalue weighted by atomic mass is 9.66. The third kappa shape index (κ3) is 3.89. The van der Waals surface area contributed by atoms with Gasteiger partial charge in [0.05, 0.1) is 32.3 Å². The highest BCUT2D eigenvalue weighted by Gasteiger charge is 2.54. The Hall–Kier alpha value is -3.99. The number of phenolic OH excluding ortho intramolecular Hbond substituents is 1. The fourth-order valence-corrected chi connectivity index (χ4v) is 5.83. The molecule has 1 fully saturated rings. The number of carbonyl (C=O) groups excluding carboxylic acids is 2. The molecule has 38 heavy (non-hydrogen) atoms. The lowest BCUT2D eigenvalue weighted by molar-refractivity contribution is -0.141. The number of aromatic nitrogens is 1. The number of nitrogens with zero attached hydrogens (tertiary/aromatic N) is 1. The maximum atomic E-state index is 13.2. The van der Waals surface area contributed by atoms with E-state index in [4.69, 9.17) is 28.4 Å². The zero-order valence-corrected chi connectivity index (χ0v) is 21.9. The Morgan fingerprint density at radius 2 is 1.68 bits per heavy atom. The molecule has 3 aliphatic rings. The first kappa shape index (κ1) is 24.4. The highest BCUT2D eigenvalue weighted by Crippen LogP contribution is 2.56. The molecule has 196 valence electrons. The number of cyclic esters (lactones) is 1. The Bertz CT molecular complexity index is 1430. The predicted molar refractivity (Wildman–Crippen MR) is 134 cm³/mol. The van der Waals surface area contributed by atoms with E-state index < -0.39 is 35.8 Å². The monoisotopic (exact) mass is 583 g/mol. The van der Waals surface area contributed by atoms with Crippen LogP contribution in [0.4, 0.5) is 0 Å². The van der Waals surface area contributed by atoms with E-state index >= 15 is 0 Å². The molecule has 2 aliphatic heterocycles. The summed E-state index contributed by atoms with van der Waals surface area (Å²) < 4.78 is 34.3. The van der Waals surface area contributed by atoms with Gasteiger partial charge in [0.1, 0.15) is 6.10 Å². The summed E-state index contributed by atoms with van der Waals surface area (Å²) in [6.45, 7) is 0.113. The summed E-state index contributed by atoms with van der Waals surface area (Å²) in [5.74, 6) is -1.46. The van der Waals surface area contributed by atoms with Crippen LogP contribution in [0.2, 0.25) is 0 Å². The molecule has 0 radical (unpaired) electrons. The predicted octanol–water partition coefficient (Wildman–Crippen LogP) is 4.13. The summed E-state index contributed by atoms with van der Waals surface area (Å²) in [6.07, 6.45) is 2.18. The van der Waals surface area contributed by atoms with Gasteiger partial charge in [-0.15, -0.1) is 0 Å². The Morgan fingerprint density at radius 1 is 1.00 bits per heavy atom. The van der Waals surface area contributed by atoms with Crippen molar-refractivity contribution < 1.29 is 43.1 Å². The van der Waals surface area contributed by atoms with Crippen LogP contribution >= 0.6 is 15.9 Å². The smallest absolute Gasteiger partial charge is 0.340 e. The number of esters is 2. The van der Waals surface area contributed by atoms with Crippen molar-refractivity contribution in [2.24, 2.45) is 11.8 Å². The van der Waals surface area contributed by atoms with Gasteiger partial charge in [-0.3, -0.25) is 9.78 Å². The fraction of sp³-hybridized carbons (Fsp3) is 0.296. The maximum absolute atomic E-state index is 13.2. The Labute approximate surface area is 225 Å². The third-order valence-electron chi connectivity index (χ3n) is 7.16. The minimum atomic E-state index is -0.806. The minimum Gasteiger partial charge on any atom is -0.502 e. The van der Waals surface area contributed by atoms with Crippen molar-refractivity contribution in [3.05, 3.63) is 69.5 Å². The summed E-state index contributed by atoms with van der Waals surface area (Å²) in [7, 11) is 2.87. The maximum Gasteiger partial charge on any atom is 0.340 e. The highest BCUT2D eigenvalue weighted by molar-refractivity contribution is 9.10. The van der Waals surface area contributed by atoms with E-state index in [9.17, 15) is 14.7 Å². The van der Waals surface area contributed by atoms with Gasteiger partial charge < -0.3 is 33.5 Å². The van der Waals surface area contributed by atoms with Gasteiger partial charge in [0, 0.05) is 34.3 Å². The van der Waals surface area contributed by atoms with Gasteiger partial charge in [-0.25, -0.2) is 4.79 Å². The molecule has 3 heterocycles. The standard InChI is InChI=1S/C27H22BrNO9/c1-33-20-4-12(5-21(34-2)24(20)30)22-15-6-18-19(37-11-36-18)7-16(15)25(17-10-35-27(32)23(17)22)38-26(31)13-3-14(28)9-29-8-13/h3-9,17,22-23,25,30H,10-11H2,1-2H3/t17-,22+,23-,25+/m0/s1. The van der Waals surface area contributed by atoms with Gasteiger partial charge in [-0.05, 0) is 57.4 Å². The number of phenols is 1. The van der Waals surface area contributed by atoms with Crippen molar-refractivity contribution in [2.45, 2.75) is 12.0 Å². The molecule has 0 spiro atoms. The molecule has 3 aromatic rings.